The maximum Gasteiger partial charge on any atom is 0.333 e. The van der Waals surface area contributed by atoms with Gasteiger partial charge in [-0.1, -0.05) is 53.9 Å². The van der Waals surface area contributed by atoms with Crippen molar-refractivity contribution in [3.8, 4) is 5.75 Å². The third-order valence-electron chi connectivity index (χ3n) is 4.30. The molecule has 1 heterocycles. The molecule has 2 aromatic carbocycles. The number of carbonyl (C=O) groups excluding carboxylic acids is 1. The van der Waals surface area contributed by atoms with Crippen molar-refractivity contribution in [2.45, 2.75) is 32.4 Å². The van der Waals surface area contributed by atoms with E-state index in [2.05, 4.69) is 23.3 Å². The van der Waals surface area contributed by atoms with E-state index in [9.17, 15) is 4.79 Å². The van der Waals surface area contributed by atoms with Gasteiger partial charge in [0.05, 0.1) is 0 Å². The maximum atomic E-state index is 12.3. The Bertz CT molecular complexity index is 935. The predicted molar refractivity (Wildman–Crippen MR) is 102 cm³/mol. The highest BCUT2D eigenvalue weighted by Gasteiger charge is 2.31. The number of rotatable bonds is 5. The first kappa shape index (κ1) is 16.8. The molecule has 1 fully saturated rings. The summed E-state index contributed by atoms with van der Waals surface area (Å²) in [5.74, 6) is 0.945. The second kappa shape index (κ2) is 6.92. The Balaban J connectivity index is 1.55. The largest absolute Gasteiger partial charge is 0.488 e. The first-order valence-corrected chi connectivity index (χ1v) is 8.87. The van der Waals surface area contributed by atoms with Crippen LogP contribution in [-0.2, 0) is 6.61 Å². The molecule has 3 aromatic rings. The van der Waals surface area contributed by atoms with Gasteiger partial charge in [0.25, 0.3) is 0 Å². The van der Waals surface area contributed by atoms with Crippen molar-refractivity contribution in [3.63, 3.8) is 0 Å². The minimum Gasteiger partial charge on any atom is -0.488 e. The summed E-state index contributed by atoms with van der Waals surface area (Å²) in [6, 6.07) is 13.5. The summed E-state index contributed by atoms with van der Waals surface area (Å²) in [6.45, 7) is 2.46. The molecule has 1 N–H and O–H groups in total. The molecule has 0 aliphatic heterocycles. The summed E-state index contributed by atoms with van der Waals surface area (Å²) < 4.78 is 12.7. The quantitative estimate of drug-likeness (QED) is 0.647. The number of ether oxygens (including phenoxy) is 1. The molecule has 0 bridgehead atoms. The van der Waals surface area contributed by atoms with Crippen LogP contribution in [-0.4, -0.2) is 21.5 Å². The standard InChI is InChI=1S/C19H19N3O3S/c1-12-5-7-13(8-6-12)11-24-15-3-2-4-16-17(15)18(21-25-16)20-19(23)22(26)14-9-10-14/h2-8,14,26H,9-11H2,1H3,(H,20,21,23). The van der Waals surface area contributed by atoms with E-state index in [-0.39, 0.29) is 12.1 Å². The van der Waals surface area contributed by atoms with E-state index in [4.69, 9.17) is 9.26 Å². The fourth-order valence-corrected chi connectivity index (χ4v) is 2.94. The SMILES string of the molecule is Cc1ccc(COc2cccc3onc(NC(=O)N(S)C4CC4)c23)cc1. The van der Waals surface area contributed by atoms with Crippen LogP contribution in [0, 0.1) is 6.92 Å². The van der Waals surface area contributed by atoms with Crippen LogP contribution in [0.4, 0.5) is 10.6 Å². The van der Waals surface area contributed by atoms with E-state index < -0.39 is 0 Å². The molecule has 0 radical (unpaired) electrons. The molecule has 0 unspecified atom stereocenters. The van der Waals surface area contributed by atoms with Gasteiger partial charge in [0.1, 0.15) is 17.7 Å². The number of hydrogen-bond donors (Lipinski definition) is 2. The molecule has 0 saturated heterocycles. The third kappa shape index (κ3) is 3.48. The monoisotopic (exact) mass is 369 g/mol. The number of nitrogens with one attached hydrogen (secondary N) is 1. The summed E-state index contributed by atoms with van der Waals surface area (Å²) in [6.07, 6.45) is 1.95. The van der Waals surface area contributed by atoms with Crippen molar-refractivity contribution >= 4 is 35.6 Å². The van der Waals surface area contributed by atoms with E-state index in [1.165, 1.54) is 9.87 Å². The number of aryl methyl sites for hydroxylation is 1. The molecular weight excluding hydrogens is 350 g/mol. The van der Waals surface area contributed by atoms with E-state index in [1.807, 2.05) is 43.3 Å². The van der Waals surface area contributed by atoms with E-state index in [1.54, 1.807) is 6.07 Å². The number of aromatic nitrogens is 1. The molecule has 1 aliphatic rings. The molecule has 134 valence electrons. The molecule has 0 atom stereocenters. The minimum absolute atomic E-state index is 0.189. The molecule has 6 nitrogen and oxygen atoms in total. The number of urea groups is 1. The summed E-state index contributed by atoms with van der Waals surface area (Å²) >= 11 is 4.24. The maximum absolute atomic E-state index is 12.3. The van der Waals surface area contributed by atoms with Crippen LogP contribution in [0.25, 0.3) is 11.0 Å². The number of carbonyl (C=O) groups is 1. The molecular formula is C19H19N3O3S. The zero-order valence-electron chi connectivity index (χ0n) is 14.3. The van der Waals surface area contributed by atoms with Crippen molar-refractivity contribution in [3.05, 3.63) is 53.6 Å². The summed E-state index contributed by atoms with van der Waals surface area (Å²) in [5, 5.41) is 7.38. The van der Waals surface area contributed by atoms with Crippen molar-refractivity contribution in [1.29, 1.82) is 0 Å². The topological polar surface area (TPSA) is 67.6 Å². The summed E-state index contributed by atoms with van der Waals surface area (Å²) in [7, 11) is 0. The first-order valence-electron chi connectivity index (χ1n) is 8.47. The number of amides is 2. The van der Waals surface area contributed by atoms with Gasteiger partial charge in [0.2, 0.25) is 0 Å². The van der Waals surface area contributed by atoms with E-state index >= 15 is 0 Å². The Hall–Kier alpha value is -2.67. The number of fused-ring (bicyclic) bond motifs is 1. The lowest BCUT2D eigenvalue weighted by atomic mass is 10.2. The molecule has 1 aliphatic carbocycles. The lowest BCUT2D eigenvalue weighted by Gasteiger charge is -2.14. The summed E-state index contributed by atoms with van der Waals surface area (Å²) in [5.41, 5.74) is 2.82. The normalized spacial score (nSPS) is 13.6. The van der Waals surface area contributed by atoms with Crippen molar-refractivity contribution in [2.24, 2.45) is 0 Å². The summed E-state index contributed by atoms with van der Waals surface area (Å²) in [4.78, 5) is 12.3. The highest BCUT2D eigenvalue weighted by molar-refractivity contribution is 7.78. The fraction of sp³-hybridized carbons (Fsp3) is 0.263. The van der Waals surface area contributed by atoms with Crippen LogP contribution in [0.15, 0.2) is 47.0 Å². The van der Waals surface area contributed by atoms with Crippen LogP contribution in [0.5, 0.6) is 5.75 Å². The van der Waals surface area contributed by atoms with Gasteiger partial charge in [-0.25, -0.2) is 4.79 Å². The Morgan fingerprint density at radius 1 is 1.31 bits per heavy atom. The molecule has 1 aromatic heterocycles. The number of anilines is 1. The molecule has 2 amide bonds. The van der Waals surface area contributed by atoms with E-state index in [0.29, 0.717) is 29.1 Å². The zero-order valence-corrected chi connectivity index (χ0v) is 15.2. The van der Waals surface area contributed by atoms with Gasteiger partial charge >= 0.3 is 6.03 Å². The van der Waals surface area contributed by atoms with Gasteiger partial charge in [-0.15, -0.1) is 0 Å². The van der Waals surface area contributed by atoms with Crippen molar-refractivity contribution in [2.75, 3.05) is 5.32 Å². The Kier molecular flexibility index (Phi) is 4.46. The molecule has 4 rings (SSSR count). The highest BCUT2D eigenvalue weighted by atomic mass is 32.1. The van der Waals surface area contributed by atoms with Crippen LogP contribution in [0.1, 0.15) is 24.0 Å². The van der Waals surface area contributed by atoms with Crippen molar-refractivity contribution in [1.82, 2.24) is 9.46 Å². The van der Waals surface area contributed by atoms with Gasteiger partial charge < -0.3 is 9.26 Å². The minimum atomic E-state index is -0.320. The fourth-order valence-electron chi connectivity index (χ4n) is 2.66. The number of hydrogen-bond acceptors (Lipinski definition) is 5. The van der Waals surface area contributed by atoms with Crippen molar-refractivity contribution < 1.29 is 14.1 Å². The number of nitrogens with zero attached hydrogens (tertiary/aromatic N) is 2. The van der Waals surface area contributed by atoms with Gasteiger partial charge in [-0.2, -0.15) is 0 Å². The van der Waals surface area contributed by atoms with Crippen LogP contribution in [0.2, 0.25) is 0 Å². The second-order valence-electron chi connectivity index (χ2n) is 6.44. The van der Waals surface area contributed by atoms with Gasteiger partial charge in [-0.05, 0) is 37.5 Å². The van der Waals surface area contributed by atoms with Gasteiger partial charge in [0, 0.05) is 6.04 Å². The average Bonchev–Trinajstić information content (AvgIpc) is 3.42. The predicted octanol–water partition coefficient (Wildman–Crippen LogP) is 4.56. The second-order valence-corrected chi connectivity index (χ2v) is 6.87. The Morgan fingerprint density at radius 3 is 2.81 bits per heavy atom. The third-order valence-corrected chi connectivity index (χ3v) is 4.81. The molecule has 0 spiro atoms. The molecule has 26 heavy (non-hydrogen) atoms. The van der Waals surface area contributed by atoms with Crippen LogP contribution in [0.3, 0.4) is 0 Å². The zero-order chi connectivity index (χ0) is 18.1. The lowest BCUT2D eigenvalue weighted by molar-refractivity contribution is 0.237. The highest BCUT2D eigenvalue weighted by Crippen LogP contribution is 2.34. The number of thiol groups is 1. The molecule has 1 saturated carbocycles. The van der Waals surface area contributed by atoms with Crippen LogP contribution >= 0.6 is 12.8 Å². The van der Waals surface area contributed by atoms with Gasteiger partial charge in [0.15, 0.2) is 11.4 Å². The lowest BCUT2D eigenvalue weighted by Crippen LogP contribution is -2.28. The van der Waals surface area contributed by atoms with E-state index in [0.717, 1.165) is 18.4 Å². The average molecular weight is 369 g/mol. The molecule has 7 heteroatoms. The van der Waals surface area contributed by atoms with Gasteiger partial charge in [-0.3, -0.25) is 9.62 Å². The Labute approximate surface area is 156 Å². The first-order chi connectivity index (χ1) is 12.6. The van der Waals surface area contributed by atoms with Crippen LogP contribution < -0.4 is 10.1 Å². The smallest absolute Gasteiger partial charge is 0.333 e. The number of benzene rings is 2. The Morgan fingerprint density at radius 2 is 2.08 bits per heavy atom.